The van der Waals surface area contributed by atoms with Crippen LogP contribution in [-0.4, -0.2) is 48.7 Å². The van der Waals surface area contributed by atoms with E-state index >= 15 is 0 Å². The monoisotopic (exact) mass is 363 g/mol. The number of halogens is 1. The quantitative estimate of drug-likeness (QED) is 0.733. The van der Waals surface area contributed by atoms with E-state index in [1.54, 1.807) is 6.07 Å². The zero-order chi connectivity index (χ0) is 18.6. The van der Waals surface area contributed by atoms with Gasteiger partial charge in [0.15, 0.2) is 0 Å². The van der Waals surface area contributed by atoms with Gasteiger partial charge >= 0.3 is 0 Å². The highest BCUT2D eigenvalue weighted by Crippen LogP contribution is 2.26. The predicted octanol–water partition coefficient (Wildman–Crippen LogP) is 3.46. The lowest BCUT2D eigenvalue weighted by Gasteiger charge is -2.29. The summed E-state index contributed by atoms with van der Waals surface area (Å²) in [5.41, 5.74) is 1.04. The Labute approximate surface area is 153 Å². The van der Waals surface area contributed by atoms with Crippen LogP contribution in [0.4, 0.5) is 10.1 Å². The molecule has 1 aromatic heterocycles. The molecule has 3 rings (SSSR count). The number of hydrogen-bond acceptors (Lipinski definition) is 6. The summed E-state index contributed by atoms with van der Waals surface area (Å²) in [6, 6.07) is 5.05. The van der Waals surface area contributed by atoms with Gasteiger partial charge in [-0.3, -0.25) is 0 Å². The number of hydrogen-bond donors (Lipinski definition) is 0. The first-order valence-corrected chi connectivity index (χ1v) is 9.01. The van der Waals surface area contributed by atoms with E-state index in [0.29, 0.717) is 62.3 Å². The summed E-state index contributed by atoms with van der Waals surface area (Å²) in [5.74, 6) is 0.661. The second kappa shape index (κ2) is 8.14. The zero-order valence-corrected chi connectivity index (χ0v) is 15.6. The number of aryl methyl sites for hydroxylation is 1. The fourth-order valence-corrected chi connectivity index (χ4v) is 2.78. The molecule has 2 heterocycles. The van der Waals surface area contributed by atoms with Gasteiger partial charge in [0.05, 0.1) is 24.5 Å². The minimum atomic E-state index is -0.283. The largest absolute Gasteiger partial charge is 0.378 e. The maximum absolute atomic E-state index is 14.5. The third-order valence-corrected chi connectivity index (χ3v) is 4.10. The summed E-state index contributed by atoms with van der Waals surface area (Å²) < 4.78 is 30.8. The number of anilines is 1. The van der Waals surface area contributed by atoms with Crippen LogP contribution in [0.1, 0.15) is 33.1 Å². The Morgan fingerprint density at radius 1 is 1.23 bits per heavy atom. The van der Waals surface area contributed by atoms with Crippen molar-refractivity contribution in [3.63, 3.8) is 0 Å². The lowest BCUT2D eigenvalue weighted by atomic mass is 10.1. The second-order valence-electron chi connectivity index (χ2n) is 7.34. The van der Waals surface area contributed by atoms with Crippen molar-refractivity contribution >= 4 is 5.69 Å². The number of nitrogens with zero attached hydrogens (tertiary/aromatic N) is 3. The number of ether oxygens (including phenoxy) is 2. The summed E-state index contributed by atoms with van der Waals surface area (Å²) in [4.78, 5) is 6.35. The maximum Gasteiger partial charge on any atom is 0.227 e. The highest BCUT2D eigenvalue weighted by molar-refractivity contribution is 5.61. The third kappa shape index (κ3) is 5.02. The third-order valence-electron chi connectivity index (χ3n) is 4.10. The number of benzene rings is 1. The highest BCUT2D eigenvalue weighted by atomic mass is 19.1. The standard InChI is InChI=1S/C19H26FN3O3/c1-19(2,3)25-10-4-5-17-21-18(22-26-17)14-6-7-16(15(20)13-14)23-8-11-24-12-9-23/h6-7,13H,4-5,8-12H2,1-3H3. The lowest BCUT2D eigenvalue weighted by molar-refractivity contribution is -0.00442. The molecule has 0 saturated carbocycles. The van der Waals surface area contributed by atoms with Gasteiger partial charge in [0, 0.05) is 31.7 Å². The Balaban J connectivity index is 1.61. The van der Waals surface area contributed by atoms with Crippen LogP contribution in [-0.2, 0) is 15.9 Å². The van der Waals surface area contributed by atoms with Gasteiger partial charge in [-0.1, -0.05) is 5.16 Å². The van der Waals surface area contributed by atoms with Gasteiger partial charge in [-0.05, 0) is 45.4 Å². The summed E-state index contributed by atoms with van der Waals surface area (Å²) in [6.07, 6.45) is 1.43. The van der Waals surface area contributed by atoms with Crippen LogP contribution < -0.4 is 4.90 Å². The van der Waals surface area contributed by atoms with E-state index in [9.17, 15) is 4.39 Å². The van der Waals surface area contributed by atoms with Crippen LogP contribution in [0.5, 0.6) is 0 Å². The van der Waals surface area contributed by atoms with E-state index in [1.165, 1.54) is 6.07 Å². The molecule has 0 aliphatic carbocycles. The van der Waals surface area contributed by atoms with Crippen molar-refractivity contribution in [3.8, 4) is 11.4 Å². The van der Waals surface area contributed by atoms with Crippen LogP contribution in [0, 0.1) is 5.82 Å². The smallest absolute Gasteiger partial charge is 0.227 e. The molecule has 1 aliphatic rings. The van der Waals surface area contributed by atoms with Crippen molar-refractivity contribution in [1.82, 2.24) is 10.1 Å². The van der Waals surface area contributed by atoms with Crippen molar-refractivity contribution in [2.45, 2.75) is 39.2 Å². The van der Waals surface area contributed by atoms with Crippen LogP contribution >= 0.6 is 0 Å². The molecule has 0 amide bonds. The summed E-state index contributed by atoms with van der Waals surface area (Å²) in [5, 5.41) is 3.97. The van der Waals surface area contributed by atoms with Crippen LogP contribution in [0.15, 0.2) is 22.7 Å². The fraction of sp³-hybridized carbons (Fsp3) is 0.579. The molecule has 0 spiro atoms. The Morgan fingerprint density at radius 2 is 2.00 bits per heavy atom. The van der Waals surface area contributed by atoms with Gasteiger partial charge in [0.25, 0.3) is 0 Å². The molecule has 1 fully saturated rings. The van der Waals surface area contributed by atoms with E-state index < -0.39 is 0 Å². The predicted molar refractivity (Wildman–Crippen MR) is 96.8 cm³/mol. The first kappa shape index (κ1) is 18.8. The molecule has 142 valence electrons. The highest BCUT2D eigenvalue weighted by Gasteiger charge is 2.17. The number of morpholine rings is 1. The first-order valence-electron chi connectivity index (χ1n) is 9.01. The second-order valence-corrected chi connectivity index (χ2v) is 7.34. The molecule has 0 radical (unpaired) electrons. The molecule has 6 nitrogen and oxygen atoms in total. The lowest BCUT2D eigenvalue weighted by Crippen LogP contribution is -2.36. The minimum absolute atomic E-state index is 0.153. The fourth-order valence-electron chi connectivity index (χ4n) is 2.78. The molecule has 0 atom stereocenters. The van der Waals surface area contributed by atoms with Gasteiger partial charge in [-0.2, -0.15) is 4.98 Å². The molecular formula is C19H26FN3O3. The molecule has 0 bridgehead atoms. The summed E-state index contributed by atoms with van der Waals surface area (Å²) in [7, 11) is 0. The van der Waals surface area contributed by atoms with Crippen LogP contribution in [0.3, 0.4) is 0 Å². The molecule has 26 heavy (non-hydrogen) atoms. The number of aromatic nitrogens is 2. The normalized spacial score (nSPS) is 15.5. The van der Waals surface area contributed by atoms with E-state index in [1.807, 2.05) is 31.7 Å². The number of rotatable bonds is 6. The van der Waals surface area contributed by atoms with Gasteiger partial charge < -0.3 is 18.9 Å². The minimum Gasteiger partial charge on any atom is -0.378 e. The average molecular weight is 363 g/mol. The van der Waals surface area contributed by atoms with E-state index in [2.05, 4.69) is 10.1 Å². The van der Waals surface area contributed by atoms with Crippen molar-refractivity contribution in [1.29, 1.82) is 0 Å². The van der Waals surface area contributed by atoms with E-state index in [-0.39, 0.29) is 11.4 Å². The molecular weight excluding hydrogens is 337 g/mol. The van der Waals surface area contributed by atoms with E-state index in [0.717, 1.165) is 6.42 Å². The van der Waals surface area contributed by atoms with Crippen molar-refractivity contribution < 1.29 is 18.4 Å². The average Bonchev–Trinajstić information content (AvgIpc) is 3.07. The molecule has 0 N–H and O–H groups in total. The maximum atomic E-state index is 14.5. The van der Waals surface area contributed by atoms with E-state index in [4.69, 9.17) is 14.0 Å². The Bertz CT molecular complexity index is 721. The van der Waals surface area contributed by atoms with Crippen molar-refractivity contribution in [2.24, 2.45) is 0 Å². The van der Waals surface area contributed by atoms with Gasteiger partial charge in [0.2, 0.25) is 11.7 Å². The van der Waals surface area contributed by atoms with Crippen molar-refractivity contribution in [2.75, 3.05) is 37.8 Å². The summed E-state index contributed by atoms with van der Waals surface area (Å²) in [6.45, 7) is 9.32. The molecule has 1 saturated heterocycles. The van der Waals surface area contributed by atoms with Gasteiger partial charge in [-0.15, -0.1) is 0 Å². The Hall–Kier alpha value is -1.99. The Kier molecular flexibility index (Phi) is 5.88. The van der Waals surface area contributed by atoms with Crippen LogP contribution in [0.2, 0.25) is 0 Å². The molecule has 2 aromatic rings. The zero-order valence-electron chi connectivity index (χ0n) is 15.6. The SMILES string of the molecule is CC(C)(C)OCCCc1nc(-c2ccc(N3CCOCC3)c(F)c2)no1. The van der Waals surface area contributed by atoms with Gasteiger partial charge in [-0.25, -0.2) is 4.39 Å². The molecule has 1 aromatic carbocycles. The van der Waals surface area contributed by atoms with Crippen molar-refractivity contribution in [3.05, 3.63) is 29.9 Å². The first-order chi connectivity index (χ1) is 12.4. The molecule has 0 unspecified atom stereocenters. The topological polar surface area (TPSA) is 60.6 Å². The summed E-state index contributed by atoms with van der Waals surface area (Å²) >= 11 is 0. The molecule has 7 heteroatoms. The Morgan fingerprint density at radius 3 is 2.69 bits per heavy atom. The molecule has 1 aliphatic heterocycles. The van der Waals surface area contributed by atoms with Crippen LogP contribution in [0.25, 0.3) is 11.4 Å². The van der Waals surface area contributed by atoms with Gasteiger partial charge in [0.1, 0.15) is 5.82 Å².